The van der Waals surface area contributed by atoms with E-state index in [9.17, 15) is 14.7 Å². The minimum atomic E-state index is -0.537. The van der Waals surface area contributed by atoms with Crippen LogP contribution in [0, 0.1) is 5.92 Å². The second-order valence-corrected chi connectivity index (χ2v) is 11.8. The predicted octanol–water partition coefficient (Wildman–Crippen LogP) is 5.42. The van der Waals surface area contributed by atoms with Crippen LogP contribution < -0.4 is 10.6 Å². The van der Waals surface area contributed by atoms with Crippen molar-refractivity contribution >= 4 is 11.8 Å². The Morgan fingerprint density at radius 1 is 0.818 bits per heavy atom. The van der Waals surface area contributed by atoms with Crippen LogP contribution in [0.2, 0.25) is 0 Å². The van der Waals surface area contributed by atoms with Crippen LogP contribution in [0.5, 0.6) is 0 Å². The van der Waals surface area contributed by atoms with Gasteiger partial charge >= 0.3 is 0 Å². The van der Waals surface area contributed by atoms with E-state index < -0.39 is 6.29 Å². The Hall–Kier alpha value is -3.56. The summed E-state index contributed by atoms with van der Waals surface area (Å²) in [6.07, 6.45) is 2.27. The van der Waals surface area contributed by atoms with Gasteiger partial charge in [0.2, 0.25) is 11.8 Å². The maximum atomic E-state index is 12.3. The Morgan fingerprint density at radius 3 is 2.18 bits per heavy atom. The van der Waals surface area contributed by atoms with Crippen molar-refractivity contribution in [3.05, 3.63) is 107 Å². The fraction of sp³-hybridized carbons (Fsp3) is 0.444. The molecule has 8 nitrogen and oxygen atoms in total. The van der Waals surface area contributed by atoms with Crippen LogP contribution in [0.25, 0.3) is 0 Å². The number of nitrogens with zero attached hydrogens (tertiary/aromatic N) is 1. The molecule has 4 atom stereocenters. The molecule has 3 N–H and O–H groups in total. The number of carbonyl (C=O) groups is 2. The average molecular weight is 602 g/mol. The highest BCUT2D eigenvalue weighted by Gasteiger charge is 2.38. The van der Waals surface area contributed by atoms with Crippen LogP contribution in [0.4, 0.5) is 0 Å². The molecule has 0 aromatic heterocycles. The van der Waals surface area contributed by atoms with E-state index in [4.69, 9.17) is 9.47 Å². The molecule has 236 valence electrons. The van der Waals surface area contributed by atoms with Gasteiger partial charge < -0.3 is 25.2 Å². The third-order valence-corrected chi connectivity index (χ3v) is 8.11. The maximum Gasteiger partial charge on any atom is 0.220 e. The molecule has 0 aliphatic carbocycles. The van der Waals surface area contributed by atoms with Crippen molar-refractivity contribution in [1.29, 1.82) is 0 Å². The van der Waals surface area contributed by atoms with Gasteiger partial charge in [-0.25, -0.2) is 0 Å². The minimum absolute atomic E-state index is 0.00668. The minimum Gasteiger partial charge on any atom is -0.392 e. The second kappa shape index (κ2) is 17.1. The van der Waals surface area contributed by atoms with Gasteiger partial charge in [-0.15, -0.1) is 0 Å². The van der Waals surface area contributed by atoms with Crippen molar-refractivity contribution in [1.82, 2.24) is 15.5 Å². The first-order chi connectivity index (χ1) is 21.3. The first-order valence-corrected chi connectivity index (χ1v) is 15.7. The molecular formula is C36H47N3O5. The zero-order valence-corrected chi connectivity index (χ0v) is 26.2. The average Bonchev–Trinajstić information content (AvgIpc) is 3.03. The molecule has 0 bridgehead atoms. The van der Waals surface area contributed by atoms with Gasteiger partial charge in [0.15, 0.2) is 6.29 Å². The number of ether oxygens (including phenoxy) is 2. The van der Waals surface area contributed by atoms with E-state index in [1.807, 2.05) is 54.6 Å². The lowest BCUT2D eigenvalue weighted by Crippen LogP contribution is -2.43. The summed E-state index contributed by atoms with van der Waals surface area (Å²) in [5.74, 6) is 0.105. The molecule has 0 radical (unpaired) electrons. The molecule has 3 aromatic carbocycles. The monoisotopic (exact) mass is 601 g/mol. The normalized spacial score (nSPS) is 19.9. The highest BCUT2D eigenvalue weighted by molar-refractivity contribution is 5.75. The van der Waals surface area contributed by atoms with Crippen LogP contribution in [-0.2, 0) is 38.8 Å². The van der Waals surface area contributed by atoms with E-state index in [2.05, 4.69) is 53.8 Å². The third kappa shape index (κ3) is 10.3. The lowest BCUT2D eigenvalue weighted by molar-refractivity contribution is -0.276. The largest absolute Gasteiger partial charge is 0.392 e. The molecule has 4 rings (SSSR count). The van der Waals surface area contributed by atoms with Gasteiger partial charge in [0, 0.05) is 51.0 Å². The van der Waals surface area contributed by atoms with Gasteiger partial charge in [-0.3, -0.25) is 14.5 Å². The lowest BCUT2D eigenvalue weighted by atomic mass is 9.90. The summed E-state index contributed by atoms with van der Waals surface area (Å²) in [4.78, 5) is 25.5. The number of carbonyl (C=O) groups excluding carboxylic acids is 2. The van der Waals surface area contributed by atoms with E-state index >= 15 is 0 Å². The number of nitrogens with one attached hydrogen (secondary N) is 2. The number of likely N-dealkylation sites (N-methyl/N-ethyl adjacent to an activating group) is 1. The Morgan fingerprint density at radius 2 is 1.50 bits per heavy atom. The Labute approximate surface area is 261 Å². The van der Waals surface area contributed by atoms with Crippen LogP contribution >= 0.6 is 0 Å². The zero-order chi connectivity index (χ0) is 31.3. The van der Waals surface area contributed by atoms with Crippen LogP contribution in [0.3, 0.4) is 0 Å². The number of aliphatic hydroxyl groups excluding tert-OH is 1. The number of hydrogen-bond acceptors (Lipinski definition) is 6. The van der Waals surface area contributed by atoms with Gasteiger partial charge in [0.05, 0.1) is 18.8 Å². The van der Waals surface area contributed by atoms with Crippen molar-refractivity contribution < 1.29 is 24.2 Å². The Kier molecular flexibility index (Phi) is 12.9. The first-order valence-electron chi connectivity index (χ1n) is 15.7. The fourth-order valence-electron chi connectivity index (χ4n) is 5.53. The highest BCUT2D eigenvalue weighted by Crippen LogP contribution is 2.41. The van der Waals surface area contributed by atoms with E-state index in [0.29, 0.717) is 19.5 Å². The van der Waals surface area contributed by atoms with Crippen molar-refractivity contribution in [2.24, 2.45) is 5.92 Å². The summed E-state index contributed by atoms with van der Waals surface area (Å²) in [6, 6.07) is 26.4. The highest BCUT2D eigenvalue weighted by atomic mass is 16.7. The van der Waals surface area contributed by atoms with E-state index in [0.717, 1.165) is 54.6 Å². The summed E-state index contributed by atoms with van der Waals surface area (Å²) in [5, 5.41) is 15.3. The maximum absolute atomic E-state index is 12.3. The number of benzene rings is 3. The lowest BCUT2D eigenvalue weighted by Gasteiger charge is -2.42. The number of rotatable bonds is 15. The standard InChI is InChI=1S/C36H47N3O5/c1-26-33(24-39(3)23-29-10-6-4-7-11-29)43-36(44-35(26)31-17-15-30(25-40)16-18-31)32-19-13-28(14-20-32)22-38-34(42)12-8-5-9-21-37-27(2)41/h4,6-7,10-11,13-20,26,33,35-36,40H,5,8-9,12,21-25H2,1-3H3,(H,37,41)(H,38,42). The van der Waals surface area contributed by atoms with Crippen molar-refractivity contribution in [2.45, 2.75) is 77.7 Å². The number of aliphatic hydroxyl groups is 1. The molecule has 44 heavy (non-hydrogen) atoms. The Bertz CT molecular complexity index is 1300. The molecule has 1 aliphatic heterocycles. The zero-order valence-electron chi connectivity index (χ0n) is 26.2. The first kappa shape index (κ1) is 33.3. The smallest absolute Gasteiger partial charge is 0.220 e. The van der Waals surface area contributed by atoms with Gasteiger partial charge in [-0.1, -0.05) is 92.2 Å². The number of amides is 2. The molecule has 4 unspecified atom stereocenters. The van der Waals surface area contributed by atoms with Crippen molar-refractivity contribution in [3.63, 3.8) is 0 Å². The molecule has 0 saturated carbocycles. The van der Waals surface area contributed by atoms with Crippen LogP contribution in [-0.4, -0.2) is 48.1 Å². The quantitative estimate of drug-likeness (QED) is 0.201. The SMILES string of the molecule is CC(=O)NCCCCCC(=O)NCc1ccc(C2OC(CN(C)Cc3ccccc3)C(C)C(c3ccc(CO)cc3)O2)cc1. The van der Waals surface area contributed by atoms with E-state index in [1.54, 1.807) is 0 Å². The molecule has 2 amide bonds. The molecule has 0 spiro atoms. The molecule has 1 saturated heterocycles. The Balaban J connectivity index is 1.37. The van der Waals surface area contributed by atoms with Gasteiger partial charge in [-0.2, -0.15) is 0 Å². The summed E-state index contributed by atoms with van der Waals surface area (Å²) < 4.78 is 13.2. The molecule has 1 fully saturated rings. The molecule has 1 heterocycles. The second-order valence-electron chi connectivity index (χ2n) is 11.8. The number of hydrogen-bond donors (Lipinski definition) is 3. The van der Waals surface area contributed by atoms with Crippen molar-refractivity contribution in [3.8, 4) is 0 Å². The van der Waals surface area contributed by atoms with E-state index in [1.165, 1.54) is 12.5 Å². The van der Waals surface area contributed by atoms with Crippen LogP contribution in [0.1, 0.15) is 79.7 Å². The third-order valence-electron chi connectivity index (χ3n) is 8.11. The fourth-order valence-corrected chi connectivity index (χ4v) is 5.53. The van der Waals surface area contributed by atoms with Gasteiger partial charge in [0.25, 0.3) is 0 Å². The number of unbranched alkanes of at least 4 members (excludes halogenated alkanes) is 2. The summed E-state index contributed by atoms with van der Waals surface area (Å²) in [5.41, 5.74) is 5.13. The molecule has 8 heteroatoms. The van der Waals surface area contributed by atoms with Crippen molar-refractivity contribution in [2.75, 3.05) is 20.1 Å². The molecule has 3 aromatic rings. The van der Waals surface area contributed by atoms with Gasteiger partial charge in [0.1, 0.15) is 0 Å². The predicted molar refractivity (Wildman–Crippen MR) is 171 cm³/mol. The summed E-state index contributed by atoms with van der Waals surface area (Å²) in [7, 11) is 2.12. The summed E-state index contributed by atoms with van der Waals surface area (Å²) >= 11 is 0. The summed E-state index contributed by atoms with van der Waals surface area (Å²) in [6.45, 7) is 6.38. The van der Waals surface area contributed by atoms with Crippen LogP contribution in [0.15, 0.2) is 78.9 Å². The van der Waals surface area contributed by atoms with Gasteiger partial charge in [-0.05, 0) is 42.1 Å². The molecule has 1 aliphatic rings. The molecular weight excluding hydrogens is 554 g/mol. The van der Waals surface area contributed by atoms with E-state index in [-0.39, 0.29) is 36.5 Å². The topological polar surface area (TPSA) is 100 Å².